The summed E-state index contributed by atoms with van der Waals surface area (Å²) in [5, 5.41) is 4.33. The van der Waals surface area contributed by atoms with Crippen molar-refractivity contribution >= 4 is 39.7 Å². The summed E-state index contributed by atoms with van der Waals surface area (Å²) in [5.74, 6) is -0.711. The molecule has 3 aromatic carbocycles. The van der Waals surface area contributed by atoms with Gasteiger partial charge in [0.05, 0.1) is 29.8 Å². The standard InChI is InChI=1S/C24H22ClN3O6S/c1-2-33-22-14-17(8-13-21(22)34-24(30)18-9-11-19(25)12-10-18)15-26-28-23(29)16-27-35(31,32)20-6-4-3-5-7-20/h3-15,27H,2,16H2,1H3,(H,28,29)/b26-15+. The molecule has 0 radical (unpaired) electrons. The van der Waals surface area contributed by atoms with Crippen molar-refractivity contribution in [3.05, 3.63) is 88.9 Å². The lowest BCUT2D eigenvalue weighted by molar-refractivity contribution is -0.119. The molecule has 0 heterocycles. The lowest BCUT2D eigenvalue weighted by atomic mass is 10.2. The zero-order valence-corrected chi connectivity index (χ0v) is 20.2. The van der Waals surface area contributed by atoms with Crippen LogP contribution >= 0.6 is 11.6 Å². The van der Waals surface area contributed by atoms with Crippen molar-refractivity contribution in [2.24, 2.45) is 5.10 Å². The van der Waals surface area contributed by atoms with Crippen molar-refractivity contribution in [1.82, 2.24) is 10.1 Å². The summed E-state index contributed by atoms with van der Waals surface area (Å²) in [6.07, 6.45) is 1.34. The third-order valence-corrected chi connectivity index (χ3v) is 6.10. The van der Waals surface area contributed by atoms with Crippen LogP contribution in [0, 0.1) is 0 Å². The Morgan fingerprint density at radius 3 is 2.40 bits per heavy atom. The first-order chi connectivity index (χ1) is 16.8. The monoisotopic (exact) mass is 515 g/mol. The van der Waals surface area contributed by atoms with Gasteiger partial charge >= 0.3 is 5.97 Å². The van der Waals surface area contributed by atoms with Crippen molar-refractivity contribution in [2.45, 2.75) is 11.8 Å². The molecule has 182 valence electrons. The summed E-state index contributed by atoms with van der Waals surface area (Å²) < 4.78 is 37.5. The second-order valence-electron chi connectivity index (χ2n) is 6.97. The van der Waals surface area contributed by atoms with Gasteiger partial charge in [-0.05, 0) is 67.1 Å². The maximum Gasteiger partial charge on any atom is 0.343 e. The number of hydrogen-bond acceptors (Lipinski definition) is 7. The maximum absolute atomic E-state index is 12.4. The van der Waals surface area contributed by atoms with Gasteiger partial charge < -0.3 is 9.47 Å². The molecule has 0 aliphatic rings. The number of nitrogens with one attached hydrogen (secondary N) is 2. The van der Waals surface area contributed by atoms with Gasteiger partial charge in [-0.25, -0.2) is 23.4 Å². The Hall–Kier alpha value is -3.73. The summed E-state index contributed by atoms with van der Waals surface area (Å²) in [6.45, 7) is 1.62. The number of ether oxygens (including phenoxy) is 2. The molecule has 1 amide bonds. The second-order valence-corrected chi connectivity index (χ2v) is 9.17. The highest BCUT2D eigenvalue weighted by molar-refractivity contribution is 7.89. The van der Waals surface area contributed by atoms with Crippen LogP contribution in [0.25, 0.3) is 0 Å². The van der Waals surface area contributed by atoms with Crippen LogP contribution in [0.15, 0.2) is 82.8 Å². The number of carbonyl (C=O) groups excluding carboxylic acids is 2. The lowest BCUT2D eigenvalue weighted by Gasteiger charge is -2.11. The minimum atomic E-state index is -3.81. The molecule has 0 spiro atoms. The number of benzene rings is 3. The van der Waals surface area contributed by atoms with Gasteiger partial charge in [0, 0.05) is 5.02 Å². The van der Waals surface area contributed by atoms with Gasteiger partial charge in [-0.2, -0.15) is 5.10 Å². The van der Waals surface area contributed by atoms with Gasteiger partial charge in [-0.1, -0.05) is 29.8 Å². The summed E-state index contributed by atoms with van der Waals surface area (Å²) >= 11 is 5.84. The van der Waals surface area contributed by atoms with Crippen molar-refractivity contribution in [2.75, 3.05) is 13.2 Å². The molecule has 0 aliphatic heterocycles. The van der Waals surface area contributed by atoms with E-state index in [2.05, 4.69) is 15.2 Å². The van der Waals surface area contributed by atoms with Crippen molar-refractivity contribution in [3.8, 4) is 11.5 Å². The normalized spacial score (nSPS) is 11.3. The summed E-state index contributed by atoms with van der Waals surface area (Å²) in [6, 6.07) is 18.7. The van der Waals surface area contributed by atoms with Crippen molar-refractivity contribution in [3.63, 3.8) is 0 Å². The number of esters is 1. The van der Waals surface area contributed by atoms with Crippen LogP contribution in [-0.4, -0.2) is 39.7 Å². The van der Waals surface area contributed by atoms with Gasteiger partial charge in [0.25, 0.3) is 5.91 Å². The molecule has 3 aromatic rings. The smallest absolute Gasteiger partial charge is 0.343 e. The Labute approximate surface area is 207 Å². The van der Waals surface area contributed by atoms with E-state index < -0.39 is 28.4 Å². The third-order valence-electron chi connectivity index (χ3n) is 4.43. The molecule has 0 fully saturated rings. The summed E-state index contributed by atoms with van der Waals surface area (Å²) in [4.78, 5) is 24.4. The van der Waals surface area contributed by atoms with E-state index in [1.807, 2.05) is 0 Å². The first kappa shape index (κ1) is 25.9. The van der Waals surface area contributed by atoms with E-state index in [-0.39, 0.29) is 10.6 Å². The van der Waals surface area contributed by atoms with Gasteiger partial charge in [-0.3, -0.25) is 4.79 Å². The Kier molecular flexibility index (Phi) is 8.96. The van der Waals surface area contributed by atoms with Gasteiger partial charge in [0.2, 0.25) is 10.0 Å². The molecule has 0 aliphatic carbocycles. The predicted octanol–water partition coefficient (Wildman–Crippen LogP) is 3.39. The van der Waals surface area contributed by atoms with Gasteiger partial charge in [-0.15, -0.1) is 0 Å². The highest BCUT2D eigenvalue weighted by atomic mass is 35.5. The van der Waals surface area contributed by atoms with Crippen LogP contribution in [0.5, 0.6) is 11.5 Å². The summed E-state index contributed by atoms with van der Waals surface area (Å²) in [7, 11) is -3.81. The Balaban J connectivity index is 1.59. The number of hydrogen-bond donors (Lipinski definition) is 2. The minimum Gasteiger partial charge on any atom is -0.490 e. The van der Waals surface area contributed by atoms with Gasteiger partial charge in [0.1, 0.15) is 0 Å². The fourth-order valence-electron chi connectivity index (χ4n) is 2.76. The van der Waals surface area contributed by atoms with E-state index >= 15 is 0 Å². The van der Waals surface area contributed by atoms with E-state index in [4.69, 9.17) is 21.1 Å². The molecule has 0 atom stereocenters. The van der Waals surface area contributed by atoms with Gasteiger partial charge in [0.15, 0.2) is 11.5 Å². The average molecular weight is 516 g/mol. The van der Waals surface area contributed by atoms with Crippen LogP contribution in [0.3, 0.4) is 0 Å². The molecule has 35 heavy (non-hydrogen) atoms. The first-order valence-corrected chi connectivity index (χ1v) is 12.3. The van der Waals surface area contributed by atoms with Crippen molar-refractivity contribution < 1.29 is 27.5 Å². The zero-order valence-electron chi connectivity index (χ0n) is 18.6. The second kappa shape index (κ2) is 12.1. The van der Waals surface area contributed by atoms with Crippen LogP contribution in [0.4, 0.5) is 0 Å². The predicted molar refractivity (Wildman–Crippen MR) is 131 cm³/mol. The van der Waals surface area contributed by atoms with Crippen LogP contribution in [-0.2, 0) is 14.8 Å². The Morgan fingerprint density at radius 2 is 1.71 bits per heavy atom. The topological polar surface area (TPSA) is 123 Å². The third kappa shape index (κ3) is 7.64. The number of amides is 1. The number of hydrazone groups is 1. The molecule has 0 saturated carbocycles. The number of nitrogens with zero attached hydrogens (tertiary/aromatic N) is 1. The van der Waals surface area contributed by atoms with Crippen molar-refractivity contribution in [1.29, 1.82) is 0 Å². The van der Waals surface area contributed by atoms with E-state index in [9.17, 15) is 18.0 Å². The Morgan fingerprint density at radius 1 is 1.00 bits per heavy atom. The van der Waals surface area contributed by atoms with Crippen LogP contribution in [0.2, 0.25) is 5.02 Å². The summed E-state index contributed by atoms with van der Waals surface area (Å²) in [5.41, 5.74) is 3.12. The van der Waals surface area contributed by atoms with Crippen LogP contribution in [0.1, 0.15) is 22.8 Å². The van der Waals surface area contributed by atoms with E-state index in [0.717, 1.165) is 0 Å². The maximum atomic E-state index is 12.4. The fraction of sp³-hybridized carbons (Fsp3) is 0.125. The molecule has 0 unspecified atom stereocenters. The SMILES string of the molecule is CCOc1cc(/C=N/NC(=O)CNS(=O)(=O)c2ccccc2)ccc1OC(=O)c1ccc(Cl)cc1. The molecule has 0 aromatic heterocycles. The van der Waals surface area contributed by atoms with E-state index in [0.29, 0.717) is 28.5 Å². The molecule has 3 rings (SSSR count). The quantitative estimate of drug-likeness (QED) is 0.185. The fourth-order valence-corrected chi connectivity index (χ4v) is 3.89. The molecular weight excluding hydrogens is 494 g/mol. The highest BCUT2D eigenvalue weighted by Gasteiger charge is 2.15. The molecular formula is C24H22ClN3O6S. The highest BCUT2D eigenvalue weighted by Crippen LogP contribution is 2.29. The number of halogens is 1. The first-order valence-electron chi connectivity index (χ1n) is 10.4. The van der Waals surface area contributed by atoms with Crippen LogP contribution < -0.4 is 19.6 Å². The minimum absolute atomic E-state index is 0.0524. The Bertz CT molecular complexity index is 1310. The largest absolute Gasteiger partial charge is 0.490 e. The van der Waals surface area contributed by atoms with E-state index in [1.165, 1.54) is 24.4 Å². The molecule has 9 nitrogen and oxygen atoms in total. The molecule has 2 N–H and O–H groups in total. The zero-order chi connectivity index (χ0) is 25.3. The number of rotatable bonds is 10. The molecule has 0 bridgehead atoms. The number of carbonyl (C=O) groups is 2. The molecule has 11 heteroatoms. The lowest BCUT2D eigenvalue weighted by Crippen LogP contribution is -2.34. The molecule has 0 saturated heterocycles. The van der Waals surface area contributed by atoms with E-state index in [1.54, 1.807) is 61.5 Å². The average Bonchev–Trinajstić information content (AvgIpc) is 2.85. The number of sulfonamides is 1.